The van der Waals surface area contributed by atoms with Crippen molar-refractivity contribution in [3.05, 3.63) is 27.4 Å². The highest BCUT2D eigenvalue weighted by Gasteiger charge is 2.28. The van der Waals surface area contributed by atoms with E-state index in [4.69, 9.17) is 0 Å². The fourth-order valence-corrected chi connectivity index (χ4v) is 1.08. The van der Waals surface area contributed by atoms with Crippen LogP contribution < -0.4 is 5.56 Å². The van der Waals surface area contributed by atoms with Crippen LogP contribution in [0.1, 0.15) is 0 Å². The normalized spacial score (nSPS) is 11.7. The highest BCUT2D eigenvalue weighted by atomic mass is 79.9. The standard InChI is InChI=1S/C6H4BrF3N2O/c7-4-2-12(3-6(8,9)10)5(13)1-11-4/h1-2H,3H2. The predicted octanol–water partition coefficient (Wildman–Crippen LogP) is 1.57. The molecular formula is C6H4BrF3N2O. The molecule has 0 bridgehead atoms. The summed E-state index contributed by atoms with van der Waals surface area (Å²) in [6.07, 6.45) is -2.57. The number of halogens is 4. The molecule has 0 aliphatic heterocycles. The van der Waals surface area contributed by atoms with Gasteiger partial charge in [-0.2, -0.15) is 13.2 Å². The fourth-order valence-electron chi connectivity index (χ4n) is 0.733. The molecule has 1 heterocycles. The van der Waals surface area contributed by atoms with Crippen LogP contribution in [-0.2, 0) is 6.54 Å². The van der Waals surface area contributed by atoms with Gasteiger partial charge in [0.25, 0.3) is 5.56 Å². The van der Waals surface area contributed by atoms with Crippen LogP contribution in [0.4, 0.5) is 13.2 Å². The maximum absolute atomic E-state index is 11.9. The molecule has 1 aromatic rings. The van der Waals surface area contributed by atoms with Gasteiger partial charge in [-0.05, 0) is 15.9 Å². The van der Waals surface area contributed by atoms with Crippen LogP contribution in [0.25, 0.3) is 0 Å². The van der Waals surface area contributed by atoms with Crippen LogP contribution in [0.15, 0.2) is 21.8 Å². The number of nitrogens with zero attached hydrogens (tertiary/aromatic N) is 2. The molecule has 0 unspecified atom stereocenters. The topological polar surface area (TPSA) is 34.9 Å². The van der Waals surface area contributed by atoms with Crippen molar-refractivity contribution in [1.82, 2.24) is 9.55 Å². The highest BCUT2D eigenvalue weighted by molar-refractivity contribution is 9.10. The molecule has 0 saturated carbocycles. The third kappa shape index (κ3) is 3.17. The van der Waals surface area contributed by atoms with Crippen LogP contribution in [0, 0.1) is 0 Å². The van der Waals surface area contributed by atoms with Crippen molar-refractivity contribution in [2.45, 2.75) is 12.7 Å². The molecule has 0 radical (unpaired) electrons. The van der Waals surface area contributed by atoms with E-state index < -0.39 is 18.3 Å². The SMILES string of the molecule is O=c1cnc(Br)cn1CC(F)(F)F. The minimum absolute atomic E-state index is 0.191. The molecule has 0 saturated heterocycles. The quantitative estimate of drug-likeness (QED) is 0.765. The van der Waals surface area contributed by atoms with Crippen molar-refractivity contribution >= 4 is 15.9 Å². The smallest absolute Gasteiger partial charge is 0.302 e. The summed E-state index contributed by atoms with van der Waals surface area (Å²) in [5.74, 6) is 0. The molecule has 0 aliphatic rings. The lowest BCUT2D eigenvalue weighted by atomic mass is 10.5. The zero-order valence-electron chi connectivity index (χ0n) is 6.18. The Balaban J connectivity index is 3.01. The summed E-state index contributed by atoms with van der Waals surface area (Å²) in [5, 5.41) is 0. The van der Waals surface area contributed by atoms with Crippen molar-refractivity contribution in [2.75, 3.05) is 0 Å². The number of hydrogen-bond acceptors (Lipinski definition) is 2. The van der Waals surface area contributed by atoms with Crippen LogP contribution in [0.3, 0.4) is 0 Å². The summed E-state index contributed by atoms with van der Waals surface area (Å²) < 4.78 is 36.3. The number of hydrogen-bond donors (Lipinski definition) is 0. The maximum atomic E-state index is 11.9. The maximum Gasteiger partial charge on any atom is 0.406 e. The van der Waals surface area contributed by atoms with E-state index in [1.807, 2.05) is 0 Å². The minimum Gasteiger partial charge on any atom is -0.302 e. The second-order valence-corrected chi connectivity index (χ2v) is 3.10. The minimum atomic E-state index is -4.40. The van der Waals surface area contributed by atoms with Gasteiger partial charge in [-0.1, -0.05) is 0 Å². The number of rotatable bonds is 1. The van der Waals surface area contributed by atoms with E-state index in [0.717, 1.165) is 12.4 Å². The number of aromatic nitrogens is 2. The van der Waals surface area contributed by atoms with E-state index in [1.165, 1.54) is 0 Å². The molecule has 1 rings (SSSR count). The van der Waals surface area contributed by atoms with Crippen LogP contribution in [-0.4, -0.2) is 15.7 Å². The van der Waals surface area contributed by atoms with Gasteiger partial charge in [-0.3, -0.25) is 4.79 Å². The predicted molar refractivity (Wildman–Crippen MR) is 42.3 cm³/mol. The molecule has 72 valence electrons. The first-order valence-corrected chi connectivity index (χ1v) is 3.96. The van der Waals surface area contributed by atoms with Gasteiger partial charge in [0.2, 0.25) is 0 Å². The summed E-state index contributed by atoms with van der Waals surface area (Å²) >= 11 is 2.87. The molecule has 0 amide bonds. The average Bonchev–Trinajstić information content (AvgIpc) is 1.94. The van der Waals surface area contributed by atoms with Crippen LogP contribution in [0.5, 0.6) is 0 Å². The molecule has 0 aromatic carbocycles. The molecule has 0 aliphatic carbocycles. The van der Waals surface area contributed by atoms with E-state index in [2.05, 4.69) is 20.9 Å². The van der Waals surface area contributed by atoms with Gasteiger partial charge in [0.05, 0.1) is 6.20 Å². The Morgan fingerprint density at radius 3 is 2.69 bits per heavy atom. The molecule has 3 nitrogen and oxygen atoms in total. The Hall–Kier alpha value is -0.850. The van der Waals surface area contributed by atoms with Gasteiger partial charge in [0.1, 0.15) is 11.1 Å². The molecule has 1 aromatic heterocycles. The van der Waals surface area contributed by atoms with Gasteiger partial charge < -0.3 is 4.57 Å². The molecule has 0 N–H and O–H groups in total. The highest BCUT2D eigenvalue weighted by Crippen LogP contribution is 2.16. The van der Waals surface area contributed by atoms with Gasteiger partial charge in [-0.25, -0.2) is 4.98 Å². The molecule has 0 spiro atoms. The van der Waals surface area contributed by atoms with Gasteiger partial charge in [0.15, 0.2) is 0 Å². The van der Waals surface area contributed by atoms with E-state index in [-0.39, 0.29) is 4.60 Å². The lowest BCUT2D eigenvalue weighted by Gasteiger charge is -2.08. The van der Waals surface area contributed by atoms with Crippen molar-refractivity contribution in [2.24, 2.45) is 0 Å². The Morgan fingerprint density at radius 1 is 1.54 bits per heavy atom. The third-order valence-corrected chi connectivity index (χ3v) is 1.60. The lowest BCUT2D eigenvalue weighted by molar-refractivity contribution is -0.141. The van der Waals surface area contributed by atoms with E-state index >= 15 is 0 Å². The summed E-state index contributed by atoms with van der Waals surface area (Å²) in [6.45, 7) is -1.30. The van der Waals surface area contributed by atoms with Gasteiger partial charge in [0, 0.05) is 6.20 Å². The van der Waals surface area contributed by atoms with Crippen LogP contribution in [0.2, 0.25) is 0 Å². The van der Waals surface area contributed by atoms with Gasteiger partial charge in [-0.15, -0.1) is 0 Å². The van der Waals surface area contributed by atoms with Crippen molar-refractivity contribution in [1.29, 1.82) is 0 Å². The molecule has 0 fully saturated rings. The van der Waals surface area contributed by atoms with Crippen molar-refractivity contribution in [3.63, 3.8) is 0 Å². The van der Waals surface area contributed by atoms with E-state index in [0.29, 0.717) is 4.57 Å². The molecule has 7 heteroatoms. The monoisotopic (exact) mass is 256 g/mol. The van der Waals surface area contributed by atoms with Crippen LogP contribution >= 0.6 is 15.9 Å². The summed E-state index contributed by atoms with van der Waals surface area (Å²) in [6, 6.07) is 0. The fraction of sp³-hybridized carbons (Fsp3) is 0.333. The van der Waals surface area contributed by atoms with E-state index in [1.54, 1.807) is 0 Å². The Labute approximate surface area is 79.3 Å². The number of alkyl halides is 3. The molecular weight excluding hydrogens is 253 g/mol. The second kappa shape index (κ2) is 3.49. The zero-order chi connectivity index (χ0) is 10.1. The Morgan fingerprint density at radius 2 is 2.15 bits per heavy atom. The summed E-state index contributed by atoms with van der Waals surface area (Å²) in [5.41, 5.74) is -0.777. The largest absolute Gasteiger partial charge is 0.406 e. The first-order valence-electron chi connectivity index (χ1n) is 3.17. The van der Waals surface area contributed by atoms with Gasteiger partial charge >= 0.3 is 6.18 Å². The van der Waals surface area contributed by atoms with Crippen molar-refractivity contribution in [3.8, 4) is 0 Å². The van der Waals surface area contributed by atoms with E-state index in [9.17, 15) is 18.0 Å². The lowest BCUT2D eigenvalue weighted by Crippen LogP contribution is -2.27. The zero-order valence-corrected chi connectivity index (χ0v) is 7.76. The molecule has 13 heavy (non-hydrogen) atoms. The average molecular weight is 257 g/mol. The first kappa shape index (κ1) is 10.2. The Kier molecular flexibility index (Phi) is 2.74. The third-order valence-electron chi connectivity index (χ3n) is 1.19. The van der Waals surface area contributed by atoms with Crippen molar-refractivity contribution < 1.29 is 13.2 Å². The first-order chi connectivity index (χ1) is 5.88. The Bertz CT molecular complexity index is 360. The summed E-state index contributed by atoms with van der Waals surface area (Å²) in [7, 11) is 0. The molecule has 0 atom stereocenters. The summed E-state index contributed by atoms with van der Waals surface area (Å²) in [4.78, 5) is 14.3. The second-order valence-electron chi connectivity index (χ2n) is 2.29.